The number of anilines is 1. The van der Waals surface area contributed by atoms with E-state index in [1.54, 1.807) is 11.3 Å². The van der Waals surface area contributed by atoms with Crippen LogP contribution in [0.4, 0.5) is 5.13 Å². The van der Waals surface area contributed by atoms with Crippen LogP contribution >= 0.6 is 11.3 Å². The monoisotopic (exact) mass is 256 g/mol. The fraction of sp³-hybridized carbons (Fsp3) is 0.818. The molecule has 0 aromatic carbocycles. The summed E-state index contributed by atoms with van der Waals surface area (Å²) in [7, 11) is 4.00. The van der Waals surface area contributed by atoms with Crippen LogP contribution in [0, 0.1) is 5.92 Å². The van der Waals surface area contributed by atoms with Crippen molar-refractivity contribution in [3.05, 3.63) is 5.01 Å². The summed E-state index contributed by atoms with van der Waals surface area (Å²) < 4.78 is 5.49. The minimum atomic E-state index is 0.672. The Morgan fingerprint density at radius 3 is 3.06 bits per heavy atom. The number of nitrogens with one attached hydrogen (secondary N) is 1. The van der Waals surface area contributed by atoms with Crippen molar-refractivity contribution in [3.63, 3.8) is 0 Å². The van der Waals surface area contributed by atoms with E-state index in [0.717, 1.165) is 36.4 Å². The maximum Gasteiger partial charge on any atom is 0.205 e. The highest BCUT2D eigenvalue weighted by molar-refractivity contribution is 7.15. The van der Waals surface area contributed by atoms with Crippen molar-refractivity contribution in [3.8, 4) is 0 Å². The topological polar surface area (TPSA) is 50.3 Å². The van der Waals surface area contributed by atoms with Crippen LogP contribution in [-0.2, 0) is 11.3 Å². The molecule has 1 fully saturated rings. The normalized spacial score (nSPS) is 20.8. The summed E-state index contributed by atoms with van der Waals surface area (Å²) >= 11 is 1.62. The van der Waals surface area contributed by atoms with Gasteiger partial charge in [0, 0.05) is 20.2 Å². The number of hydrogen-bond acceptors (Lipinski definition) is 6. The molecule has 2 rings (SSSR count). The third kappa shape index (κ3) is 3.90. The molecule has 1 N–H and O–H groups in total. The van der Waals surface area contributed by atoms with Gasteiger partial charge in [0.1, 0.15) is 5.01 Å². The molecule has 0 saturated carbocycles. The van der Waals surface area contributed by atoms with Crippen molar-refractivity contribution < 1.29 is 4.74 Å². The maximum atomic E-state index is 5.49. The number of hydrogen-bond donors (Lipinski definition) is 1. The number of aromatic nitrogens is 2. The smallest absolute Gasteiger partial charge is 0.205 e. The first-order valence-electron chi connectivity index (χ1n) is 6.04. The Labute approximate surface area is 106 Å². The maximum absolute atomic E-state index is 5.49. The van der Waals surface area contributed by atoms with E-state index in [1.807, 2.05) is 7.05 Å². The molecule has 6 heteroatoms. The van der Waals surface area contributed by atoms with E-state index in [4.69, 9.17) is 4.74 Å². The summed E-state index contributed by atoms with van der Waals surface area (Å²) in [6, 6.07) is 0. The zero-order valence-corrected chi connectivity index (χ0v) is 11.3. The first-order valence-corrected chi connectivity index (χ1v) is 6.86. The second-order valence-electron chi connectivity index (χ2n) is 4.53. The van der Waals surface area contributed by atoms with Gasteiger partial charge in [0.25, 0.3) is 0 Å². The molecule has 0 aliphatic carbocycles. The van der Waals surface area contributed by atoms with E-state index in [2.05, 4.69) is 27.5 Å². The Hall–Kier alpha value is -0.720. The Bertz CT molecular complexity index is 338. The molecule has 0 amide bonds. The zero-order valence-electron chi connectivity index (χ0n) is 10.5. The van der Waals surface area contributed by atoms with Crippen LogP contribution in [0.15, 0.2) is 0 Å². The van der Waals surface area contributed by atoms with E-state index < -0.39 is 0 Å². The number of nitrogens with zero attached hydrogens (tertiary/aromatic N) is 3. The summed E-state index contributed by atoms with van der Waals surface area (Å²) in [6.07, 6.45) is 2.48. The molecule has 0 bridgehead atoms. The largest absolute Gasteiger partial charge is 0.381 e. The molecule has 1 saturated heterocycles. The predicted octanol–water partition coefficient (Wildman–Crippen LogP) is 1.44. The van der Waals surface area contributed by atoms with Gasteiger partial charge in [-0.25, -0.2) is 0 Å². The molecule has 1 aromatic heterocycles. The van der Waals surface area contributed by atoms with Crippen molar-refractivity contribution >= 4 is 16.5 Å². The van der Waals surface area contributed by atoms with E-state index in [-0.39, 0.29) is 0 Å². The van der Waals surface area contributed by atoms with Crippen molar-refractivity contribution in [2.24, 2.45) is 5.92 Å². The lowest BCUT2D eigenvalue weighted by Crippen LogP contribution is -2.30. The number of ether oxygens (including phenoxy) is 1. The predicted molar refractivity (Wildman–Crippen MR) is 69.3 cm³/mol. The van der Waals surface area contributed by atoms with Crippen LogP contribution in [0.1, 0.15) is 17.8 Å². The summed E-state index contributed by atoms with van der Waals surface area (Å²) in [4.78, 5) is 2.30. The highest BCUT2D eigenvalue weighted by Gasteiger charge is 2.16. The molecule has 5 nitrogen and oxygen atoms in total. The first kappa shape index (κ1) is 12.7. The standard InChI is InChI=1S/C11H20N4OS/c1-12-11-14-13-10(17-11)7-15(2)6-9-4-3-5-16-8-9/h9H,3-8H2,1-2H3,(H,12,14). The van der Waals surface area contributed by atoms with Crippen molar-refractivity contribution in [2.45, 2.75) is 19.4 Å². The third-order valence-electron chi connectivity index (χ3n) is 2.91. The minimum absolute atomic E-state index is 0.672. The molecular formula is C11H20N4OS. The minimum Gasteiger partial charge on any atom is -0.381 e. The van der Waals surface area contributed by atoms with Gasteiger partial charge in [0.15, 0.2) is 0 Å². The Kier molecular flexibility index (Phi) is 4.70. The summed E-state index contributed by atoms with van der Waals surface area (Å²) in [6.45, 7) is 3.79. The van der Waals surface area contributed by atoms with Gasteiger partial charge in [-0.15, -0.1) is 10.2 Å². The highest BCUT2D eigenvalue weighted by atomic mass is 32.1. The highest BCUT2D eigenvalue weighted by Crippen LogP contribution is 2.18. The van der Waals surface area contributed by atoms with Crippen LogP contribution in [0.25, 0.3) is 0 Å². The summed E-state index contributed by atoms with van der Waals surface area (Å²) in [5, 5.41) is 13.1. The van der Waals surface area contributed by atoms with E-state index in [1.165, 1.54) is 12.8 Å². The molecule has 0 spiro atoms. The SMILES string of the molecule is CNc1nnc(CN(C)CC2CCCOC2)s1. The average Bonchev–Trinajstić information content (AvgIpc) is 2.78. The summed E-state index contributed by atoms with van der Waals surface area (Å²) in [5.41, 5.74) is 0. The van der Waals surface area contributed by atoms with Crippen molar-refractivity contribution in [2.75, 3.05) is 39.2 Å². The lowest BCUT2D eigenvalue weighted by Gasteiger charge is -2.26. The second kappa shape index (κ2) is 6.28. The van der Waals surface area contributed by atoms with E-state index in [0.29, 0.717) is 5.92 Å². The number of rotatable bonds is 5. The quantitative estimate of drug-likeness (QED) is 0.864. The molecule has 1 atom stereocenters. The van der Waals surface area contributed by atoms with Crippen LogP contribution in [0.5, 0.6) is 0 Å². The average molecular weight is 256 g/mol. The zero-order chi connectivity index (χ0) is 12.1. The van der Waals surface area contributed by atoms with Gasteiger partial charge in [0.05, 0.1) is 13.2 Å². The first-order chi connectivity index (χ1) is 8.28. The lowest BCUT2D eigenvalue weighted by molar-refractivity contribution is 0.0411. The molecule has 1 aliphatic rings. The van der Waals surface area contributed by atoms with E-state index >= 15 is 0 Å². The molecule has 1 unspecified atom stereocenters. The van der Waals surface area contributed by atoms with Crippen LogP contribution in [-0.4, -0.2) is 49.0 Å². The lowest BCUT2D eigenvalue weighted by atomic mass is 10.0. The fourth-order valence-electron chi connectivity index (χ4n) is 2.11. The molecule has 1 aliphatic heterocycles. The Morgan fingerprint density at radius 1 is 1.53 bits per heavy atom. The summed E-state index contributed by atoms with van der Waals surface area (Å²) in [5.74, 6) is 0.672. The van der Waals surface area contributed by atoms with Gasteiger partial charge in [-0.3, -0.25) is 4.90 Å². The molecule has 17 heavy (non-hydrogen) atoms. The Balaban J connectivity index is 1.77. The molecular weight excluding hydrogens is 236 g/mol. The van der Waals surface area contributed by atoms with E-state index in [9.17, 15) is 0 Å². The van der Waals surface area contributed by atoms with Crippen molar-refractivity contribution in [1.29, 1.82) is 0 Å². The van der Waals surface area contributed by atoms with Gasteiger partial charge in [-0.2, -0.15) is 0 Å². The Morgan fingerprint density at radius 2 is 2.41 bits per heavy atom. The van der Waals surface area contributed by atoms with Crippen LogP contribution < -0.4 is 5.32 Å². The van der Waals surface area contributed by atoms with Gasteiger partial charge < -0.3 is 10.1 Å². The molecule has 0 radical (unpaired) electrons. The second-order valence-corrected chi connectivity index (χ2v) is 5.59. The molecule has 1 aromatic rings. The molecule has 96 valence electrons. The van der Waals surface area contributed by atoms with Gasteiger partial charge in [-0.1, -0.05) is 11.3 Å². The van der Waals surface area contributed by atoms with Crippen molar-refractivity contribution in [1.82, 2.24) is 15.1 Å². The van der Waals surface area contributed by atoms with Gasteiger partial charge in [0.2, 0.25) is 5.13 Å². The van der Waals surface area contributed by atoms with Gasteiger partial charge >= 0.3 is 0 Å². The third-order valence-corrected chi connectivity index (χ3v) is 3.84. The fourth-order valence-corrected chi connectivity index (χ4v) is 2.88. The molecule has 2 heterocycles. The van der Waals surface area contributed by atoms with Gasteiger partial charge in [-0.05, 0) is 25.8 Å². The van der Waals surface area contributed by atoms with Crippen LogP contribution in [0.3, 0.4) is 0 Å². The van der Waals surface area contributed by atoms with Crippen LogP contribution in [0.2, 0.25) is 0 Å².